The molecule has 2 rings (SSSR count). The molecule has 2 aromatic rings. The number of hydrogen-bond acceptors (Lipinski definition) is 4. The van der Waals surface area contributed by atoms with E-state index in [1.165, 1.54) is 12.3 Å². The molecule has 2 atom stereocenters. The monoisotopic (exact) mass is 414 g/mol. The second kappa shape index (κ2) is 8.61. The minimum absolute atomic E-state index is 0.0440. The molecule has 0 spiro atoms. The van der Waals surface area contributed by atoms with E-state index in [0.717, 1.165) is 17.5 Å². The Bertz CT molecular complexity index is 803. The first-order valence-corrected chi connectivity index (χ1v) is 9.95. The first-order chi connectivity index (χ1) is 13.0. The highest BCUT2D eigenvalue weighted by molar-refractivity contribution is 7.09. The molecule has 0 aliphatic carbocycles. The molecular weight excluding hydrogens is 389 g/mol. The van der Waals surface area contributed by atoms with Crippen molar-refractivity contribution >= 4 is 17.2 Å². The average Bonchev–Trinajstić information content (AvgIpc) is 3.05. The normalized spacial score (nSPS) is 15.3. The van der Waals surface area contributed by atoms with E-state index in [0.29, 0.717) is 17.0 Å². The minimum atomic E-state index is -5.02. The maximum atomic E-state index is 13.6. The van der Waals surface area contributed by atoms with Crippen molar-refractivity contribution in [2.75, 3.05) is 0 Å². The molecule has 0 saturated heterocycles. The first-order valence-electron chi connectivity index (χ1n) is 9.07. The largest absolute Gasteiger partial charge is 0.424 e. The summed E-state index contributed by atoms with van der Waals surface area (Å²) in [6, 6.07) is 7.13. The molecule has 2 N–H and O–H groups in total. The lowest BCUT2D eigenvalue weighted by Crippen LogP contribution is -2.47. The van der Waals surface area contributed by atoms with Gasteiger partial charge in [-0.05, 0) is 30.4 Å². The van der Waals surface area contributed by atoms with Crippen LogP contribution in [0.2, 0.25) is 0 Å². The Hall–Kier alpha value is -1.93. The summed E-state index contributed by atoms with van der Waals surface area (Å²) in [5.41, 5.74) is -1.02. The van der Waals surface area contributed by atoms with E-state index in [2.05, 4.69) is 10.3 Å². The topological polar surface area (TPSA) is 62.2 Å². The third-order valence-corrected chi connectivity index (χ3v) is 5.70. The number of nitrogens with zero attached hydrogens (tertiary/aromatic N) is 1. The van der Waals surface area contributed by atoms with E-state index in [9.17, 15) is 23.1 Å². The molecule has 1 heterocycles. The molecule has 154 valence electrons. The summed E-state index contributed by atoms with van der Waals surface area (Å²) < 4.78 is 40.8. The van der Waals surface area contributed by atoms with Gasteiger partial charge in [0, 0.05) is 11.1 Å². The molecule has 0 fully saturated rings. The molecule has 0 aliphatic heterocycles. The van der Waals surface area contributed by atoms with Crippen LogP contribution in [0.4, 0.5) is 13.2 Å². The highest BCUT2D eigenvalue weighted by atomic mass is 32.1. The Balaban J connectivity index is 2.24. The third kappa shape index (κ3) is 4.91. The summed E-state index contributed by atoms with van der Waals surface area (Å²) in [7, 11) is 0. The molecule has 1 aromatic heterocycles. The highest BCUT2D eigenvalue weighted by Crippen LogP contribution is 2.43. The van der Waals surface area contributed by atoms with Crippen LogP contribution in [0.1, 0.15) is 55.1 Å². The lowest BCUT2D eigenvalue weighted by atomic mass is 9.93. The van der Waals surface area contributed by atoms with Crippen LogP contribution in [0.5, 0.6) is 0 Å². The molecule has 0 saturated carbocycles. The smallest absolute Gasteiger partial charge is 0.374 e. The van der Waals surface area contributed by atoms with Crippen molar-refractivity contribution in [3.8, 4) is 0 Å². The SMILES string of the molecule is CCc1ccc([C@@H](NC(=O)C[C@@](O)(c2nc(C)cs2)C(F)(F)F)C(C)C)cc1. The van der Waals surface area contributed by atoms with E-state index >= 15 is 0 Å². The standard InChI is InChI=1S/C20H25F3N2O2S/c1-5-14-6-8-15(9-7-14)17(12(2)3)25-16(26)10-19(27,20(21,22)23)18-24-13(4)11-28-18/h6-9,11-12,17,27H,5,10H2,1-4H3,(H,25,26)/t17-,19+/m0/s1. The fourth-order valence-electron chi connectivity index (χ4n) is 2.89. The molecular formula is C20H25F3N2O2S. The molecule has 4 nitrogen and oxygen atoms in total. The number of thiazole rings is 1. The molecule has 0 radical (unpaired) electrons. The molecule has 0 aliphatic rings. The minimum Gasteiger partial charge on any atom is -0.374 e. The number of hydrogen-bond donors (Lipinski definition) is 2. The summed E-state index contributed by atoms with van der Waals surface area (Å²) in [4.78, 5) is 16.3. The van der Waals surface area contributed by atoms with E-state index in [-0.39, 0.29) is 5.92 Å². The Labute approximate surface area is 166 Å². The Morgan fingerprint density at radius 3 is 2.29 bits per heavy atom. The Kier molecular flexibility index (Phi) is 6.88. The maximum absolute atomic E-state index is 13.6. The van der Waals surface area contributed by atoms with Crippen LogP contribution in [-0.2, 0) is 16.8 Å². The second-order valence-electron chi connectivity index (χ2n) is 7.21. The van der Waals surface area contributed by atoms with E-state index in [4.69, 9.17) is 0 Å². The molecule has 0 bridgehead atoms. The maximum Gasteiger partial charge on any atom is 0.424 e. The number of aliphatic hydroxyl groups is 1. The van der Waals surface area contributed by atoms with Crippen LogP contribution in [0.25, 0.3) is 0 Å². The zero-order valence-corrected chi connectivity index (χ0v) is 17.1. The fraction of sp³-hybridized carbons (Fsp3) is 0.500. The summed E-state index contributed by atoms with van der Waals surface area (Å²) in [6.07, 6.45) is -5.30. The van der Waals surface area contributed by atoms with E-state index in [1.54, 1.807) is 0 Å². The number of aryl methyl sites for hydroxylation is 2. The van der Waals surface area contributed by atoms with Crippen molar-refractivity contribution in [3.05, 3.63) is 51.5 Å². The molecule has 28 heavy (non-hydrogen) atoms. The predicted octanol–water partition coefficient (Wildman–Crippen LogP) is 4.67. The van der Waals surface area contributed by atoms with Crippen molar-refractivity contribution in [3.63, 3.8) is 0 Å². The molecule has 1 amide bonds. The first kappa shape index (κ1) is 22.4. The van der Waals surface area contributed by atoms with Crippen LogP contribution >= 0.6 is 11.3 Å². The van der Waals surface area contributed by atoms with Gasteiger partial charge in [0.05, 0.1) is 12.5 Å². The number of carbonyl (C=O) groups excluding carboxylic acids is 1. The molecule has 8 heteroatoms. The number of halogens is 3. The van der Waals surface area contributed by atoms with Gasteiger partial charge in [0.1, 0.15) is 5.01 Å². The third-order valence-electron chi connectivity index (χ3n) is 4.59. The van der Waals surface area contributed by atoms with E-state index < -0.39 is 35.2 Å². The molecule has 0 unspecified atom stereocenters. The zero-order valence-electron chi connectivity index (χ0n) is 16.3. The van der Waals surface area contributed by atoms with Crippen molar-refractivity contribution in [2.24, 2.45) is 5.92 Å². The van der Waals surface area contributed by atoms with Gasteiger partial charge in [-0.1, -0.05) is 45.0 Å². The number of benzene rings is 1. The summed E-state index contributed by atoms with van der Waals surface area (Å²) in [5.74, 6) is -0.927. The van der Waals surface area contributed by atoms with Gasteiger partial charge in [-0.3, -0.25) is 4.79 Å². The summed E-state index contributed by atoms with van der Waals surface area (Å²) in [5, 5.41) is 13.9. The van der Waals surface area contributed by atoms with E-state index in [1.807, 2.05) is 45.0 Å². The van der Waals surface area contributed by atoms with Gasteiger partial charge in [-0.25, -0.2) is 4.98 Å². The van der Waals surface area contributed by atoms with Crippen LogP contribution in [-0.4, -0.2) is 22.2 Å². The fourth-order valence-corrected chi connectivity index (χ4v) is 3.81. The van der Waals surface area contributed by atoms with Crippen molar-refractivity contribution in [1.82, 2.24) is 10.3 Å². The van der Waals surface area contributed by atoms with Gasteiger partial charge in [0.15, 0.2) is 0 Å². The summed E-state index contributed by atoms with van der Waals surface area (Å²) in [6.45, 7) is 7.30. The predicted molar refractivity (Wildman–Crippen MR) is 103 cm³/mol. The van der Waals surface area contributed by atoms with Crippen LogP contribution < -0.4 is 5.32 Å². The van der Waals surface area contributed by atoms with Gasteiger partial charge in [0.25, 0.3) is 0 Å². The van der Waals surface area contributed by atoms with Crippen molar-refractivity contribution in [1.29, 1.82) is 0 Å². The van der Waals surface area contributed by atoms with Crippen LogP contribution in [0, 0.1) is 12.8 Å². The van der Waals surface area contributed by atoms with Gasteiger partial charge < -0.3 is 10.4 Å². The van der Waals surface area contributed by atoms with Crippen molar-refractivity contribution in [2.45, 2.75) is 58.4 Å². The lowest BCUT2D eigenvalue weighted by molar-refractivity contribution is -0.267. The van der Waals surface area contributed by atoms with Crippen molar-refractivity contribution < 1.29 is 23.1 Å². The number of aromatic nitrogens is 1. The van der Waals surface area contributed by atoms with Gasteiger partial charge in [-0.2, -0.15) is 13.2 Å². The number of carbonyl (C=O) groups is 1. The number of amides is 1. The quantitative estimate of drug-likeness (QED) is 0.692. The Morgan fingerprint density at radius 2 is 1.86 bits per heavy atom. The Morgan fingerprint density at radius 1 is 1.25 bits per heavy atom. The number of alkyl halides is 3. The van der Waals surface area contributed by atoms with Gasteiger partial charge in [0.2, 0.25) is 11.5 Å². The van der Waals surface area contributed by atoms with Gasteiger partial charge >= 0.3 is 6.18 Å². The van der Waals surface area contributed by atoms with Gasteiger partial charge in [-0.15, -0.1) is 11.3 Å². The highest BCUT2D eigenvalue weighted by Gasteiger charge is 2.58. The molecule has 1 aromatic carbocycles. The zero-order chi connectivity index (χ0) is 21.1. The summed E-state index contributed by atoms with van der Waals surface area (Å²) >= 11 is 0.690. The number of rotatable bonds is 7. The van der Waals surface area contributed by atoms with Crippen LogP contribution in [0.15, 0.2) is 29.6 Å². The average molecular weight is 414 g/mol. The van der Waals surface area contributed by atoms with Crippen LogP contribution in [0.3, 0.4) is 0 Å². The second-order valence-corrected chi connectivity index (χ2v) is 8.07. The number of nitrogens with one attached hydrogen (secondary N) is 1. The lowest BCUT2D eigenvalue weighted by Gasteiger charge is -2.30.